The predicted molar refractivity (Wildman–Crippen MR) is 73.8 cm³/mol. The van der Waals surface area contributed by atoms with Gasteiger partial charge in [-0.15, -0.1) is 0 Å². The zero-order valence-corrected chi connectivity index (χ0v) is 11.7. The van der Waals surface area contributed by atoms with Gasteiger partial charge in [-0.1, -0.05) is 6.07 Å². The molecule has 2 rings (SSSR count). The molecule has 0 saturated carbocycles. The second kappa shape index (κ2) is 6.33. The molecule has 0 saturated heterocycles. The van der Waals surface area contributed by atoms with Gasteiger partial charge in [0.2, 0.25) is 0 Å². The second-order valence-electron chi connectivity index (χ2n) is 3.87. The van der Waals surface area contributed by atoms with E-state index in [0.29, 0.717) is 10.2 Å². The topological polar surface area (TPSA) is 71.2 Å². The average molecular weight is 341 g/mol. The number of esters is 1. The van der Waals surface area contributed by atoms with Crippen molar-refractivity contribution in [2.45, 2.75) is 0 Å². The summed E-state index contributed by atoms with van der Waals surface area (Å²) in [4.78, 5) is 25.8. The Morgan fingerprint density at radius 3 is 2.80 bits per heavy atom. The maximum atomic E-state index is 12.9. The highest BCUT2D eigenvalue weighted by molar-refractivity contribution is 9.10. The molecule has 0 spiro atoms. The predicted octanol–water partition coefficient (Wildman–Crippen LogP) is 2.71. The van der Waals surface area contributed by atoms with Crippen molar-refractivity contribution in [3.8, 4) is 0 Å². The number of nitrogens with one attached hydrogen (secondary N) is 2. The van der Waals surface area contributed by atoms with Crippen LogP contribution in [0.15, 0.2) is 41.0 Å². The highest BCUT2D eigenvalue weighted by Gasteiger charge is 2.12. The fourth-order valence-electron chi connectivity index (χ4n) is 1.46. The van der Waals surface area contributed by atoms with Gasteiger partial charge in [-0.25, -0.2) is 9.18 Å². The standard InChI is InChI=1S/C13H10BrFN2O3/c14-8-4-11(16-6-8)13(19)20-7-12(18)17-10-3-1-2-9(15)5-10/h1-6,16H,7H2,(H,17,18). The first-order valence-electron chi connectivity index (χ1n) is 5.61. The molecule has 0 aliphatic carbocycles. The quantitative estimate of drug-likeness (QED) is 0.840. The van der Waals surface area contributed by atoms with Crippen LogP contribution in [0.1, 0.15) is 10.5 Å². The summed E-state index contributed by atoms with van der Waals surface area (Å²) in [5.41, 5.74) is 0.532. The molecule has 1 heterocycles. The summed E-state index contributed by atoms with van der Waals surface area (Å²) in [6.07, 6.45) is 1.57. The van der Waals surface area contributed by atoms with Gasteiger partial charge in [0.1, 0.15) is 11.5 Å². The van der Waals surface area contributed by atoms with Gasteiger partial charge in [0.15, 0.2) is 6.61 Å². The maximum Gasteiger partial charge on any atom is 0.355 e. The van der Waals surface area contributed by atoms with E-state index in [1.807, 2.05) is 0 Å². The molecule has 20 heavy (non-hydrogen) atoms. The van der Waals surface area contributed by atoms with Crippen molar-refractivity contribution in [3.05, 3.63) is 52.5 Å². The van der Waals surface area contributed by atoms with E-state index in [2.05, 4.69) is 26.2 Å². The minimum absolute atomic E-state index is 0.232. The molecule has 0 bridgehead atoms. The second-order valence-corrected chi connectivity index (χ2v) is 4.78. The molecule has 0 radical (unpaired) electrons. The molecule has 1 amide bonds. The van der Waals surface area contributed by atoms with E-state index in [4.69, 9.17) is 4.74 Å². The van der Waals surface area contributed by atoms with Gasteiger partial charge in [-0.3, -0.25) is 4.79 Å². The number of rotatable bonds is 4. The number of benzene rings is 1. The van der Waals surface area contributed by atoms with Gasteiger partial charge < -0.3 is 15.0 Å². The van der Waals surface area contributed by atoms with Crippen molar-refractivity contribution in [2.75, 3.05) is 11.9 Å². The van der Waals surface area contributed by atoms with Crippen molar-refractivity contribution in [3.63, 3.8) is 0 Å². The van der Waals surface area contributed by atoms with Crippen molar-refractivity contribution in [1.29, 1.82) is 0 Å². The monoisotopic (exact) mass is 340 g/mol. The minimum atomic E-state index is -0.648. The highest BCUT2D eigenvalue weighted by Crippen LogP contribution is 2.12. The summed E-state index contributed by atoms with van der Waals surface area (Å²) >= 11 is 3.18. The molecule has 7 heteroatoms. The third-order valence-electron chi connectivity index (χ3n) is 2.31. The summed E-state index contributed by atoms with van der Waals surface area (Å²) < 4.78 is 18.4. The SMILES string of the molecule is O=C(COC(=O)c1cc(Br)c[nH]1)Nc1cccc(F)c1. The van der Waals surface area contributed by atoms with E-state index >= 15 is 0 Å². The number of ether oxygens (including phenoxy) is 1. The van der Waals surface area contributed by atoms with E-state index in [1.54, 1.807) is 6.20 Å². The third-order valence-corrected chi connectivity index (χ3v) is 2.77. The van der Waals surface area contributed by atoms with Crippen LogP contribution in [0.5, 0.6) is 0 Å². The average Bonchev–Trinajstić information content (AvgIpc) is 2.83. The number of carbonyl (C=O) groups is 2. The Labute approximate surface area is 122 Å². The van der Waals surface area contributed by atoms with E-state index < -0.39 is 24.3 Å². The molecule has 1 aromatic heterocycles. The lowest BCUT2D eigenvalue weighted by Crippen LogP contribution is -2.21. The molecule has 0 aliphatic heterocycles. The zero-order valence-electron chi connectivity index (χ0n) is 10.2. The smallest absolute Gasteiger partial charge is 0.355 e. The van der Waals surface area contributed by atoms with E-state index in [9.17, 15) is 14.0 Å². The number of hydrogen-bond donors (Lipinski definition) is 2. The summed E-state index contributed by atoms with van der Waals surface area (Å²) in [5.74, 6) is -1.66. The summed E-state index contributed by atoms with van der Waals surface area (Å²) in [5, 5.41) is 2.42. The fourth-order valence-corrected chi connectivity index (χ4v) is 1.80. The van der Waals surface area contributed by atoms with Crippen molar-refractivity contribution in [2.24, 2.45) is 0 Å². The Kier molecular flexibility index (Phi) is 4.52. The van der Waals surface area contributed by atoms with Crippen LogP contribution >= 0.6 is 15.9 Å². The molecular weight excluding hydrogens is 331 g/mol. The number of aromatic nitrogens is 1. The molecule has 0 atom stereocenters. The normalized spacial score (nSPS) is 10.1. The van der Waals surface area contributed by atoms with Crippen LogP contribution in [-0.2, 0) is 9.53 Å². The van der Waals surface area contributed by atoms with Gasteiger partial charge in [-0.05, 0) is 40.2 Å². The maximum absolute atomic E-state index is 12.9. The molecule has 2 N–H and O–H groups in total. The van der Waals surface area contributed by atoms with Crippen LogP contribution in [0.2, 0.25) is 0 Å². The first-order chi connectivity index (χ1) is 9.54. The number of halogens is 2. The number of carbonyl (C=O) groups excluding carboxylic acids is 2. The molecule has 0 aliphatic rings. The number of anilines is 1. The summed E-state index contributed by atoms with van der Waals surface area (Å²) in [7, 11) is 0. The highest BCUT2D eigenvalue weighted by atomic mass is 79.9. The van der Waals surface area contributed by atoms with Crippen LogP contribution in [0.25, 0.3) is 0 Å². The Morgan fingerprint density at radius 1 is 1.35 bits per heavy atom. The Balaban J connectivity index is 1.85. The molecule has 104 valence electrons. The van der Waals surface area contributed by atoms with Gasteiger partial charge in [0.25, 0.3) is 5.91 Å². The zero-order chi connectivity index (χ0) is 14.5. The fraction of sp³-hybridized carbons (Fsp3) is 0.0769. The van der Waals surface area contributed by atoms with Crippen molar-refractivity contribution >= 4 is 33.5 Å². The van der Waals surface area contributed by atoms with Gasteiger partial charge in [-0.2, -0.15) is 0 Å². The van der Waals surface area contributed by atoms with Crippen molar-refractivity contribution < 1.29 is 18.7 Å². The van der Waals surface area contributed by atoms with Gasteiger partial charge in [0.05, 0.1) is 0 Å². The number of amides is 1. The molecule has 2 aromatic rings. The Morgan fingerprint density at radius 2 is 2.15 bits per heavy atom. The molecule has 5 nitrogen and oxygen atoms in total. The molecule has 0 fully saturated rings. The third kappa shape index (κ3) is 3.92. The van der Waals surface area contributed by atoms with Crippen LogP contribution in [-0.4, -0.2) is 23.5 Å². The van der Waals surface area contributed by atoms with E-state index in [-0.39, 0.29) is 5.69 Å². The molecule has 1 aromatic carbocycles. The largest absolute Gasteiger partial charge is 0.451 e. The summed E-state index contributed by atoms with van der Waals surface area (Å²) in [6.45, 7) is -0.452. The molecule has 0 unspecified atom stereocenters. The summed E-state index contributed by atoms with van der Waals surface area (Å²) in [6, 6.07) is 6.96. The first kappa shape index (κ1) is 14.3. The Bertz CT molecular complexity index is 642. The van der Waals surface area contributed by atoms with Crippen LogP contribution < -0.4 is 5.32 Å². The van der Waals surface area contributed by atoms with Gasteiger partial charge >= 0.3 is 5.97 Å². The first-order valence-corrected chi connectivity index (χ1v) is 6.40. The van der Waals surface area contributed by atoms with Crippen LogP contribution in [0.3, 0.4) is 0 Å². The Hall–Kier alpha value is -2.15. The van der Waals surface area contributed by atoms with Crippen molar-refractivity contribution in [1.82, 2.24) is 4.98 Å². The molecular formula is C13H10BrFN2O3. The lowest BCUT2D eigenvalue weighted by molar-refractivity contribution is -0.119. The number of aromatic amines is 1. The van der Waals surface area contributed by atoms with Crippen LogP contribution in [0, 0.1) is 5.82 Å². The minimum Gasteiger partial charge on any atom is -0.451 e. The van der Waals surface area contributed by atoms with E-state index in [1.165, 1.54) is 30.3 Å². The number of hydrogen-bond acceptors (Lipinski definition) is 3. The van der Waals surface area contributed by atoms with Crippen LogP contribution in [0.4, 0.5) is 10.1 Å². The number of H-pyrrole nitrogens is 1. The lowest BCUT2D eigenvalue weighted by atomic mass is 10.3. The van der Waals surface area contributed by atoms with E-state index in [0.717, 1.165) is 0 Å². The lowest BCUT2D eigenvalue weighted by Gasteiger charge is -2.05. The van der Waals surface area contributed by atoms with Gasteiger partial charge in [0, 0.05) is 16.4 Å².